The Labute approximate surface area is 157 Å². The molecule has 5 nitrogen and oxygen atoms in total. The molecular weight excluding hydrogens is 338 g/mol. The van der Waals surface area contributed by atoms with E-state index < -0.39 is 0 Å². The third-order valence-corrected chi connectivity index (χ3v) is 4.68. The van der Waals surface area contributed by atoms with Gasteiger partial charge in [0.05, 0.1) is 16.5 Å². The van der Waals surface area contributed by atoms with Gasteiger partial charge in [-0.2, -0.15) is 0 Å². The van der Waals surface area contributed by atoms with Gasteiger partial charge >= 0.3 is 0 Å². The summed E-state index contributed by atoms with van der Waals surface area (Å²) in [5.41, 5.74) is 2.84. The first-order valence-electron chi connectivity index (χ1n) is 8.90. The fourth-order valence-corrected chi connectivity index (χ4v) is 3.45. The molecule has 0 aromatic heterocycles. The standard InChI is InChI=1S/C22H19N3O2/c26-25(27)21-14-8-7-13-20(21)22-23-18(15-17-9-3-1-4-10-17)16-24(22)19-11-5-2-6-12-19/h1-14,18H,15-16H2/t18-/m0/s1. The van der Waals surface area contributed by atoms with E-state index in [-0.39, 0.29) is 16.7 Å². The zero-order valence-corrected chi connectivity index (χ0v) is 14.7. The predicted octanol–water partition coefficient (Wildman–Crippen LogP) is 4.47. The number of nitro benzene ring substituents is 1. The summed E-state index contributed by atoms with van der Waals surface area (Å²) < 4.78 is 0. The Morgan fingerprint density at radius 2 is 1.56 bits per heavy atom. The molecule has 1 atom stereocenters. The molecule has 0 fully saturated rings. The number of benzene rings is 3. The third kappa shape index (κ3) is 3.58. The van der Waals surface area contributed by atoms with Gasteiger partial charge in [-0.25, -0.2) is 0 Å². The normalized spacial score (nSPS) is 16.2. The minimum atomic E-state index is -0.342. The molecule has 0 bridgehead atoms. The van der Waals surface area contributed by atoms with Crippen molar-refractivity contribution in [2.45, 2.75) is 12.5 Å². The van der Waals surface area contributed by atoms with Gasteiger partial charge in [0.15, 0.2) is 0 Å². The van der Waals surface area contributed by atoms with E-state index in [1.54, 1.807) is 12.1 Å². The van der Waals surface area contributed by atoms with E-state index in [1.165, 1.54) is 11.6 Å². The maximum atomic E-state index is 11.5. The van der Waals surface area contributed by atoms with Crippen molar-refractivity contribution in [2.24, 2.45) is 4.99 Å². The first-order valence-corrected chi connectivity index (χ1v) is 8.90. The van der Waals surface area contributed by atoms with E-state index in [1.807, 2.05) is 54.6 Å². The lowest BCUT2D eigenvalue weighted by molar-refractivity contribution is -0.385. The molecule has 3 aromatic rings. The lowest BCUT2D eigenvalue weighted by Crippen LogP contribution is -2.30. The van der Waals surface area contributed by atoms with Crippen LogP contribution in [0, 0.1) is 10.1 Å². The van der Waals surface area contributed by atoms with Gasteiger partial charge in [-0.05, 0) is 30.2 Å². The van der Waals surface area contributed by atoms with E-state index in [2.05, 4.69) is 17.0 Å². The highest BCUT2D eigenvalue weighted by molar-refractivity contribution is 6.13. The van der Waals surface area contributed by atoms with Gasteiger partial charge < -0.3 is 4.90 Å². The van der Waals surface area contributed by atoms with E-state index >= 15 is 0 Å². The first kappa shape index (κ1) is 17.0. The van der Waals surface area contributed by atoms with Crippen molar-refractivity contribution in [1.82, 2.24) is 0 Å². The Kier molecular flexibility index (Phi) is 4.66. The highest BCUT2D eigenvalue weighted by Gasteiger charge is 2.31. The summed E-state index contributed by atoms with van der Waals surface area (Å²) >= 11 is 0. The predicted molar refractivity (Wildman–Crippen MR) is 107 cm³/mol. The van der Waals surface area contributed by atoms with Gasteiger partial charge in [0, 0.05) is 18.3 Å². The zero-order valence-electron chi connectivity index (χ0n) is 14.7. The summed E-state index contributed by atoms with van der Waals surface area (Å²) in [5.74, 6) is 0.662. The molecule has 134 valence electrons. The molecule has 5 heteroatoms. The zero-order chi connectivity index (χ0) is 18.6. The highest BCUT2D eigenvalue weighted by atomic mass is 16.6. The monoisotopic (exact) mass is 357 g/mol. The Morgan fingerprint density at radius 1 is 0.926 bits per heavy atom. The smallest absolute Gasteiger partial charge is 0.280 e. The minimum Gasteiger partial charge on any atom is -0.324 e. The van der Waals surface area contributed by atoms with Crippen molar-refractivity contribution in [3.63, 3.8) is 0 Å². The quantitative estimate of drug-likeness (QED) is 0.500. The van der Waals surface area contributed by atoms with Crippen LogP contribution >= 0.6 is 0 Å². The second kappa shape index (κ2) is 7.41. The lowest BCUT2D eigenvalue weighted by atomic mass is 10.1. The van der Waals surface area contributed by atoms with Crippen molar-refractivity contribution >= 4 is 17.2 Å². The molecule has 1 aliphatic rings. The fourth-order valence-electron chi connectivity index (χ4n) is 3.45. The molecule has 3 aromatic carbocycles. The van der Waals surface area contributed by atoms with Gasteiger partial charge in [0.25, 0.3) is 5.69 Å². The van der Waals surface area contributed by atoms with Crippen LogP contribution in [0.2, 0.25) is 0 Å². The summed E-state index contributed by atoms with van der Waals surface area (Å²) in [4.78, 5) is 18.2. The van der Waals surface area contributed by atoms with Crippen LogP contribution in [-0.4, -0.2) is 23.3 Å². The van der Waals surface area contributed by atoms with E-state index in [0.29, 0.717) is 17.9 Å². The van der Waals surface area contributed by atoms with Crippen molar-refractivity contribution < 1.29 is 4.92 Å². The van der Waals surface area contributed by atoms with E-state index in [0.717, 1.165) is 12.1 Å². The molecule has 4 rings (SSSR count). The van der Waals surface area contributed by atoms with Gasteiger partial charge in [0.1, 0.15) is 5.84 Å². The molecule has 0 amide bonds. The average molecular weight is 357 g/mol. The summed E-state index contributed by atoms with van der Waals surface area (Å²) in [6.07, 6.45) is 0.800. The van der Waals surface area contributed by atoms with Crippen LogP contribution in [-0.2, 0) is 6.42 Å². The Hall–Kier alpha value is -3.47. The topological polar surface area (TPSA) is 58.7 Å². The number of nitro groups is 1. The van der Waals surface area contributed by atoms with Crippen LogP contribution in [0.15, 0.2) is 89.9 Å². The minimum absolute atomic E-state index is 0.0439. The van der Waals surface area contributed by atoms with Crippen molar-refractivity contribution in [3.05, 3.63) is 106 Å². The molecule has 0 aliphatic carbocycles. The Bertz CT molecular complexity index is 971. The molecule has 0 saturated heterocycles. The molecule has 0 N–H and O–H groups in total. The molecule has 0 saturated carbocycles. The molecule has 0 spiro atoms. The second-order valence-electron chi connectivity index (χ2n) is 6.52. The van der Waals surface area contributed by atoms with Gasteiger partial charge in [0.2, 0.25) is 0 Å². The number of hydrogen-bond acceptors (Lipinski definition) is 4. The summed E-state index contributed by atoms with van der Waals surface area (Å²) in [6, 6.07) is 27.0. The molecule has 1 aliphatic heterocycles. The van der Waals surface area contributed by atoms with Gasteiger partial charge in [-0.3, -0.25) is 15.1 Å². The molecule has 27 heavy (non-hydrogen) atoms. The van der Waals surface area contributed by atoms with Crippen LogP contribution in [0.1, 0.15) is 11.1 Å². The van der Waals surface area contributed by atoms with Crippen LogP contribution < -0.4 is 4.90 Å². The largest absolute Gasteiger partial charge is 0.324 e. The number of hydrogen-bond donors (Lipinski definition) is 0. The van der Waals surface area contributed by atoms with Crippen molar-refractivity contribution in [2.75, 3.05) is 11.4 Å². The van der Waals surface area contributed by atoms with E-state index in [9.17, 15) is 10.1 Å². The summed E-state index contributed by atoms with van der Waals surface area (Å²) in [5, 5.41) is 11.5. The maximum Gasteiger partial charge on any atom is 0.280 e. The molecule has 1 heterocycles. The molecule has 0 unspecified atom stereocenters. The van der Waals surface area contributed by atoms with Crippen LogP contribution in [0.25, 0.3) is 0 Å². The second-order valence-corrected chi connectivity index (χ2v) is 6.52. The average Bonchev–Trinajstić information content (AvgIpc) is 3.13. The number of nitrogens with zero attached hydrogens (tertiary/aromatic N) is 3. The Morgan fingerprint density at radius 3 is 2.26 bits per heavy atom. The van der Waals surface area contributed by atoms with Gasteiger partial charge in [-0.1, -0.05) is 60.7 Å². The summed E-state index contributed by atoms with van der Waals surface area (Å²) in [7, 11) is 0. The SMILES string of the molecule is O=[N+]([O-])c1ccccc1C1=N[C@@H](Cc2ccccc2)CN1c1ccccc1. The number of anilines is 1. The number of amidine groups is 1. The third-order valence-electron chi connectivity index (χ3n) is 4.68. The van der Waals surface area contributed by atoms with Crippen molar-refractivity contribution in [3.8, 4) is 0 Å². The Balaban J connectivity index is 1.74. The van der Waals surface area contributed by atoms with Crippen molar-refractivity contribution in [1.29, 1.82) is 0 Å². The van der Waals surface area contributed by atoms with Crippen LogP contribution in [0.5, 0.6) is 0 Å². The van der Waals surface area contributed by atoms with Crippen LogP contribution in [0.3, 0.4) is 0 Å². The highest BCUT2D eigenvalue weighted by Crippen LogP contribution is 2.29. The van der Waals surface area contributed by atoms with E-state index in [4.69, 9.17) is 4.99 Å². The molecule has 0 radical (unpaired) electrons. The summed E-state index contributed by atoms with van der Waals surface area (Å²) in [6.45, 7) is 0.695. The maximum absolute atomic E-state index is 11.5. The molecular formula is C22H19N3O2. The number of para-hydroxylation sites is 2. The number of aliphatic imine (C=N–C) groups is 1. The van der Waals surface area contributed by atoms with Crippen LogP contribution in [0.4, 0.5) is 11.4 Å². The van der Waals surface area contributed by atoms with Gasteiger partial charge in [-0.15, -0.1) is 0 Å². The fraction of sp³-hybridized carbons (Fsp3) is 0.136. The first-order chi connectivity index (χ1) is 13.2. The lowest BCUT2D eigenvalue weighted by Gasteiger charge is -2.21. The number of rotatable bonds is 5.